The third-order valence-corrected chi connectivity index (χ3v) is 9.52. The van der Waals surface area contributed by atoms with Crippen molar-refractivity contribution in [3.8, 4) is 11.1 Å². The maximum atomic E-state index is 13.5. The van der Waals surface area contributed by atoms with Gasteiger partial charge in [0.2, 0.25) is 5.91 Å². The minimum atomic E-state index is -0.981. The zero-order valence-electron chi connectivity index (χ0n) is 21.8. The molecule has 2 heterocycles. The second-order valence-electron chi connectivity index (χ2n) is 11.9. The highest BCUT2D eigenvalue weighted by Gasteiger charge is 2.55. The zero-order chi connectivity index (χ0) is 25.2. The summed E-state index contributed by atoms with van der Waals surface area (Å²) in [6.07, 6.45) is 13.8. The van der Waals surface area contributed by atoms with E-state index in [9.17, 15) is 14.7 Å². The summed E-state index contributed by atoms with van der Waals surface area (Å²) in [7, 11) is 0. The van der Waals surface area contributed by atoms with E-state index in [1.807, 2.05) is 42.6 Å². The molecule has 1 saturated heterocycles. The number of likely N-dealkylation sites (tertiary alicyclic amines) is 1. The van der Waals surface area contributed by atoms with Crippen LogP contribution in [0.3, 0.4) is 0 Å². The molecule has 194 valence electrons. The van der Waals surface area contributed by atoms with Gasteiger partial charge in [0.05, 0.1) is 12.1 Å². The summed E-state index contributed by atoms with van der Waals surface area (Å²) in [5, 5.41) is 12.1. The predicted molar refractivity (Wildman–Crippen MR) is 144 cm³/mol. The number of hydrogen-bond acceptors (Lipinski definition) is 3. The summed E-state index contributed by atoms with van der Waals surface area (Å²) in [6, 6.07) is 13.6. The third-order valence-electron chi connectivity index (χ3n) is 9.52. The number of aliphatic hydroxyl groups is 1. The molecule has 3 aliphatic rings. The molecule has 0 bridgehead atoms. The lowest BCUT2D eigenvalue weighted by atomic mass is 9.65. The number of benzene rings is 1. The second-order valence-corrected chi connectivity index (χ2v) is 11.9. The van der Waals surface area contributed by atoms with Crippen molar-refractivity contribution in [1.82, 2.24) is 9.47 Å². The van der Waals surface area contributed by atoms with Gasteiger partial charge in [0.15, 0.2) is 0 Å². The Morgan fingerprint density at radius 3 is 2.42 bits per heavy atom. The summed E-state index contributed by atoms with van der Waals surface area (Å²) in [5.74, 6) is 0.995. The summed E-state index contributed by atoms with van der Waals surface area (Å²) >= 11 is 0. The number of nitrogens with zero attached hydrogens (tertiary/aromatic N) is 2. The van der Waals surface area contributed by atoms with Crippen molar-refractivity contribution in [2.45, 2.75) is 89.7 Å². The predicted octanol–water partition coefficient (Wildman–Crippen LogP) is 5.65. The van der Waals surface area contributed by atoms with E-state index in [2.05, 4.69) is 11.8 Å². The fourth-order valence-electron chi connectivity index (χ4n) is 7.35. The van der Waals surface area contributed by atoms with Gasteiger partial charge in [-0.2, -0.15) is 0 Å². The van der Waals surface area contributed by atoms with E-state index < -0.39 is 5.60 Å². The average Bonchev–Trinajstić information content (AvgIpc) is 3.38. The molecule has 36 heavy (non-hydrogen) atoms. The number of amides is 1. The molecule has 2 aliphatic carbocycles. The van der Waals surface area contributed by atoms with Crippen LogP contribution in [0, 0.1) is 17.3 Å². The van der Waals surface area contributed by atoms with Crippen LogP contribution in [0.5, 0.6) is 0 Å². The Labute approximate surface area is 215 Å². The van der Waals surface area contributed by atoms with Crippen molar-refractivity contribution >= 4 is 5.91 Å². The molecule has 2 saturated carbocycles. The topological polar surface area (TPSA) is 62.5 Å². The molecule has 0 unspecified atom stereocenters. The van der Waals surface area contributed by atoms with E-state index in [1.54, 1.807) is 10.6 Å². The Morgan fingerprint density at radius 2 is 1.72 bits per heavy atom. The Morgan fingerprint density at radius 1 is 1.00 bits per heavy atom. The maximum Gasteiger partial charge on any atom is 0.251 e. The van der Waals surface area contributed by atoms with Gasteiger partial charge in [-0.15, -0.1) is 0 Å². The quantitative estimate of drug-likeness (QED) is 0.570. The van der Waals surface area contributed by atoms with E-state index in [0.717, 1.165) is 43.2 Å². The largest absolute Gasteiger partial charge is 0.387 e. The molecule has 0 radical (unpaired) electrons. The third kappa shape index (κ3) is 5.04. The fourth-order valence-corrected chi connectivity index (χ4v) is 7.35. The van der Waals surface area contributed by atoms with Crippen LogP contribution in [0.2, 0.25) is 0 Å². The van der Waals surface area contributed by atoms with Crippen molar-refractivity contribution in [1.29, 1.82) is 0 Å². The van der Waals surface area contributed by atoms with Crippen LogP contribution >= 0.6 is 0 Å². The zero-order valence-corrected chi connectivity index (χ0v) is 21.8. The number of carbonyl (C=O) groups excluding carboxylic acids is 1. The van der Waals surface area contributed by atoms with Gasteiger partial charge in [0.1, 0.15) is 0 Å². The maximum absolute atomic E-state index is 13.5. The molecule has 1 N–H and O–H groups in total. The highest BCUT2D eigenvalue weighted by Crippen LogP contribution is 2.51. The van der Waals surface area contributed by atoms with Gasteiger partial charge in [-0.3, -0.25) is 9.59 Å². The van der Waals surface area contributed by atoms with Gasteiger partial charge >= 0.3 is 0 Å². The first-order valence-electron chi connectivity index (χ1n) is 14.2. The Bertz CT molecular complexity index is 1100. The van der Waals surface area contributed by atoms with Crippen molar-refractivity contribution in [2.75, 3.05) is 13.1 Å². The molecule has 1 aromatic heterocycles. The normalized spacial score (nSPS) is 25.2. The van der Waals surface area contributed by atoms with Crippen LogP contribution in [-0.4, -0.2) is 39.2 Å². The molecular weight excluding hydrogens is 448 g/mol. The number of piperidine rings is 1. The summed E-state index contributed by atoms with van der Waals surface area (Å²) in [6.45, 7) is 3.59. The first-order chi connectivity index (χ1) is 17.4. The second kappa shape index (κ2) is 10.5. The Hall–Kier alpha value is -2.40. The van der Waals surface area contributed by atoms with Crippen LogP contribution in [0.4, 0.5) is 0 Å². The Balaban J connectivity index is 1.31. The van der Waals surface area contributed by atoms with Crippen molar-refractivity contribution in [2.24, 2.45) is 17.3 Å². The summed E-state index contributed by atoms with van der Waals surface area (Å²) in [5.41, 5.74) is 0.514. The van der Waals surface area contributed by atoms with E-state index >= 15 is 0 Å². The lowest BCUT2D eigenvalue weighted by Gasteiger charge is -2.52. The average molecular weight is 491 g/mol. The van der Waals surface area contributed by atoms with Crippen molar-refractivity contribution < 1.29 is 9.90 Å². The monoisotopic (exact) mass is 490 g/mol. The van der Waals surface area contributed by atoms with Gasteiger partial charge in [-0.25, -0.2) is 0 Å². The van der Waals surface area contributed by atoms with Crippen LogP contribution in [0.1, 0.15) is 77.6 Å². The van der Waals surface area contributed by atoms with Crippen molar-refractivity contribution in [3.05, 3.63) is 59.0 Å². The first kappa shape index (κ1) is 25.3. The van der Waals surface area contributed by atoms with E-state index in [0.29, 0.717) is 32.0 Å². The fraction of sp³-hybridized carbons (Fsp3) is 0.613. The minimum Gasteiger partial charge on any atom is -0.387 e. The molecule has 1 aliphatic heterocycles. The SMILES string of the molecule is C[C@H](CC1CCCCC1)C(=O)N1CC[C@@](O)(Cn2ccc(-c3ccccc3)cc2=O)C2(CCCC2)C1. The van der Waals surface area contributed by atoms with Gasteiger partial charge < -0.3 is 14.6 Å². The standard InChI is InChI=1S/C31H42N2O3/c1-24(20-25-10-4-2-5-11-25)29(35)33-19-17-31(36,30(22-33)15-8-9-16-30)23-32-18-14-27(21-28(32)34)26-12-6-3-7-13-26/h3,6-7,12-14,18,21,24-25,36H,2,4-5,8-11,15-17,19-20,22-23H2,1H3/t24-,31-/m1/s1. The number of carbonyl (C=O) groups is 1. The summed E-state index contributed by atoms with van der Waals surface area (Å²) in [4.78, 5) is 28.6. The van der Waals surface area contributed by atoms with Crippen LogP contribution < -0.4 is 5.56 Å². The highest BCUT2D eigenvalue weighted by atomic mass is 16.3. The Kier molecular flexibility index (Phi) is 7.39. The molecular formula is C31H42N2O3. The highest BCUT2D eigenvalue weighted by molar-refractivity contribution is 5.78. The van der Waals surface area contributed by atoms with E-state index in [4.69, 9.17) is 0 Å². The molecule has 5 heteroatoms. The van der Waals surface area contributed by atoms with Gasteiger partial charge in [-0.05, 0) is 48.8 Å². The first-order valence-corrected chi connectivity index (χ1v) is 14.2. The molecule has 1 amide bonds. The lowest BCUT2D eigenvalue weighted by molar-refractivity contribution is -0.163. The number of hydrogen-bond donors (Lipinski definition) is 1. The van der Waals surface area contributed by atoms with Crippen LogP contribution in [-0.2, 0) is 11.3 Å². The number of aromatic nitrogens is 1. The van der Waals surface area contributed by atoms with E-state index in [-0.39, 0.29) is 22.8 Å². The molecule has 2 aromatic rings. The molecule has 2 atom stereocenters. The molecule has 1 aromatic carbocycles. The number of pyridine rings is 1. The molecule has 5 nitrogen and oxygen atoms in total. The smallest absolute Gasteiger partial charge is 0.251 e. The number of rotatable bonds is 6. The van der Waals surface area contributed by atoms with Gasteiger partial charge in [0.25, 0.3) is 5.56 Å². The van der Waals surface area contributed by atoms with Gasteiger partial charge in [-0.1, -0.05) is 82.2 Å². The molecule has 5 rings (SSSR count). The van der Waals surface area contributed by atoms with E-state index in [1.165, 1.54) is 32.1 Å². The minimum absolute atomic E-state index is 0.0471. The molecule has 1 spiro atoms. The summed E-state index contributed by atoms with van der Waals surface area (Å²) < 4.78 is 1.68. The van der Waals surface area contributed by atoms with Crippen LogP contribution in [0.15, 0.2) is 53.5 Å². The van der Waals surface area contributed by atoms with Crippen LogP contribution in [0.25, 0.3) is 11.1 Å². The lowest BCUT2D eigenvalue weighted by Crippen LogP contribution is -2.62. The van der Waals surface area contributed by atoms with Gasteiger partial charge in [0, 0.05) is 36.7 Å². The molecule has 3 fully saturated rings. The van der Waals surface area contributed by atoms with Crippen molar-refractivity contribution in [3.63, 3.8) is 0 Å².